The van der Waals surface area contributed by atoms with E-state index in [1.807, 2.05) is 12.1 Å². The Morgan fingerprint density at radius 2 is 1.81 bits per heavy atom. The highest BCUT2D eigenvalue weighted by molar-refractivity contribution is 6.30. The molecule has 0 amide bonds. The topological polar surface area (TPSA) is 15.3 Å². The van der Waals surface area contributed by atoms with Crippen molar-refractivity contribution < 1.29 is 0 Å². The minimum atomic E-state index is 0.310. The van der Waals surface area contributed by atoms with Crippen LogP contribution >= 0.6 is 11.6 Å². The predicted octanol–water partition coefficient (Wildman–Crippen LogP) is 5.36. The van der Waals surface area contributed by atoms with Crippen LogP contribution in [0.4, 0.5) is 11.4 Å². The normalized spacial score (nSPS) is 12.0. The van der Waals surface area contributed by atoms with Crippen molar-refractivity contribution in [2.24, 2.45) is 0 Å². The Kier molecular flexibility index (Phi) is 5.51. The summed E-state index contributed by atoms with van der Waals surface area (Å²) in [6, 6.07) is 16.9. The number of halogens is 1. The molecule has 1 unspecified atom stereocenters. The van der Waals surface area contributed by atoms with Gasteiger partial charge in [-0.1, -0.05) is 43.1 Å². The maximum atomic E-state index is 5.98. The highest BCUT2D eigenvalue weighted by atomic mass is 35.5. The molecule has 0 aliphatic heterocycles. The molecule has 2 aromatic carbocycles. The average Bonchev–Trinajstić information content (AvgIpc) is 2.48. The van der Waals surface area contributed by atoms with Gasteiger partial charge in [-0.3, -0.25) is 0 Å². The first kappa shape index (κ1) is 15.7. The number of nitrogens with zero attached hydrogens (tertiary/aromatic N) is 1. The van der Waals surface area contributed by atoms with E-state index >= 15 is 0 Å². The van der Waals surface area contributed by atoms with Gasteiger partial charge >= 0.3 is 0 Å². The summed E-state index contributed by atoms with van der Waals surface area (Å²) in [6.45, 7) is 2.21. The van der Waals surface area contributed by atoms with Gasteiger partial charge in [-0.2, -0.15) is 0 Å². The van der Waals surface area contributed by atoms with E-state index in [2.05, 4.69) is 67.6 Å². The van der Waals surface area contributed by atoms with Gasteiger partial charge in [0.2, 0.25) is 0 Å². The van der Waals surface area contributed by atoms with E-state index < -0.39 is 0 Å². The molecule has 0 aromatic heterocycles. The minimum Gasteiger partial charge on any atom is -0.378 e. The van der Waals surface area contributed by atoms with Crippen molar-refractivity contribution in [2.45, 2.75) is 25.8 Å². The van der Waals surface area contributed by atoms with E-state index in [1.165, 1.54) is 11.3 Å². The number of hydrogen-bond acceptors (Lipinski definition) is 2. The van der Waals surface area contributed by atoms with Crippen molar-refractivity contribution in [1.29, 1.82) is 0 Å². The second-order valence-corrected chi connectivity index (χ2v) is 5.92. The molecule has 0 fully saturated rings. The lowest BCUT2D eigenvalue weighted by Crippen LogP contribution is -2.12. The van der Waals surface area contributed by atoms with Crippen LogP contribution in [0.25, 0.3) is 0 Å². The third kappa shape index (κ3) is 4.40. The highest BCUT2D eigenvalue weighted by Gasteiger charge is 2.11. The van der Waals surface area contributed by atoms with E-state index in [1.54, 1.807) is 0 Å². The number of nitrogens with one attached hydrogen (secondary N) is 1. The molecule has 0 spiro atoms. The second-order valence-electron chi connectivity index (χ2n) is 5.48. The van der Waals surface area contributed by atoms with Crippen molar-refractivity contribution in [1.82, 2.24) is 0 Å². The molecule has 2 rings (SSSR count). The van der Waals surface area contributed by atoms with Crippen LogP contribution in [0, 0.1) is 0 Å². The summed E-state index contributed by atoms with van der Waals surface area (Å²) in [4.78, 5) is 2.11. The molecule has 0 saturated carbocycles. The molecule has 2 nitrogen and oxygen atoms in total. The molecule has 0 aliphatic rings. The summed E-state index contributed by atoms with van der Waals surface area (Å²) in [5, 5.41) is 4.42. The van der Waals surface area contributed by atoms with E-state index in [4.69, 9.17) is 11.6 Å². The lowest BCUT2D eigenvalue weighted by molar-refractivity contribution is 0.677. The van der Waals surface area contributed by atoms with Crippen LogP contribution in [-0.2, 0) is 0 Å². The van der Waals surface area contributed by atoms with E-state index in [0.717, 1.165) is 23.6 Å². The van der Waals surface area contributed by atoms with Gasteiger partial charge < -0.3 is 10.2 Å². The van der Waals surface area contributed by atoms with Crippen LogP contribution in [0.15, 0.2) is 48.5 Å². The third-order valence-corrected chi connectivity index (χ3v) is 3.81. The Balaban J connectivity index is 2.19. The third-order valence-electron chi connectivity index (χ3n) is 3.55. The number of anilines is 2. The van der Waals surface area contributed by atoms with Gasteiger partial charge in [0, 0.05) is 30.5 Å². The number of rotatable bonds is 6. The first-order valence-electron chi connectivity index (χ1n) is 7.39. The van der Waals surface area contributed by atoms with Crippen molar-refractivity contribution >= 4 is 23.0 Å². The van der Waals surface area contributed by atoms with Crippen LogP contribution in [0.5, 0.6) is 0 Å². The molecule has 2 aromatic rings. The Hall–Kier alpha value is -1.67. The van der Waals surface area contributed by atoms with E-state index in [0.29, 0.717) is 6.04 Å². The molecular formula is C18H23ClN2. The van der Waals surface area contributed by atoms with Crippen molar-refractivity contribution in [3.63, 3.8) is 0 Å². The fraction of sp³-hybridized carbons (Fsp3) is 0.333. The zero-order valence-electron chi connectivity index (χ0n) is 12.9. The van der Waals surface area contributed by atoms with Gasteiger partial charge in [0.05, 0.1) is 6.04 Å². The molecule has 21 heavy (non-hydrogen) atoms. The van der Waals surface area contributed by atoms with E-state index in [9.17, 15) is 0 Å². The first-order chi connectivity index (χ1) is 10.1. The molecule has 1 N–H and O–H groups in total. The fourth-order valence-corrected chi connectivity index (χ4v) is 2.51. The van der Waals surface area contributed by atoms with Crippen molar-refractivity contribution in [3.05, 3.63) is 59.1 Å². The Bertz CT molecular complexity index is 564. The molecular weight excluding hydrogens is 280 g/mol. The largest absolute Gasteiger partial charge is 0.378 e. The standard InChI is InChI=1S/C18H23ClN2/c1-4-6-18(14-9-11-15(19)12-10-14)20-16-7-5-8-17(13-16)21(2)3/h5,7-13,18,20H,4,6H2,1-3H3. The van der Waals surface area contributed by atoms with Crippen molar-refractivity contribution in [2.75, 3.05) is 24.3 Å². The Morgan fingerprint density at radius 1 is 1.10 bits per heavy atom. The lowest BCUT2D eigenvalue weighted by Gasteiger charge is -2.21. The molecule has 112 valence electrons. The average molecular weight is 303 g/mol. The van der Waals surface area contributed by atoms with Crippen LogP contribution < -0.4 is 10.2 Å². The first-order valence-corrected chi connectivity index (χ1v) is 7.77. The predicted molar refractivity (Wildman–Crippen MR) is 93.5 cm³/mol. The van der Waals surface area contributed by atoms with Gasteiger partial charge in [0.25, 0.3) is 0 Å². The fourth-order valence-electron chi connectivity index (χ4n) is 2.38. The van der Waals surface area contributed by atoms with Crippen LogP contribution in [0.1, 0.15) is 31.4 Å². The Morgan fingerprint density at radius 3 is 2.43 bits per heavy atom. The second kappa shape index (κ2) is 7.37. The molecule has 0 aliphatic carbocycles. The molecule has 0 saturated heterocycles. The SMILES string of the molecule is CCCC(Nc1cccc(N(C)C)c1)c1ccc(Cl)cc1. The van der Waals surface area contributed by atoms with Crippen molar-refractivity contribution in [3.8, 4) is 0 Å². The lowest BCUT2D eigenvalue weighted by atomic mass is 10.0. The maximum Gasteiger partial charge on any atom is 0.0513 e. The van der Waals surface area contributed by atoms with Crippen LogP contribution in [-0.4, -0.2) is 14.1 Å². The smallest absolute Gasteiger partial charge is 0.0513 e. The van der Waals surface area contributed by atoms with Gasteiger partial charge in [-0.05, 0) is 42.3 Å². The van der Waals surface area contributed by atoms with Gasteiger partial charge in [0.1, 0.15) is 0 Å². The van der Waals surface area contributed by atoms with Crippen LogP contribution in [0.3, 0.4) is 0 Å². The molecule has 1 atom stereocenters. The number of benzene rings is 2. The summed E-state index contributed by atoms with van der Waals surface area (Å²) in [5.74, 6) is 0. The summed E-state index contributed by atoms with van der Waals surface area (Å²) in [7, 11) is 4.11. The Labute approximate surface area is 132 Å². The van der Waals surface area contributed by atoms with Gasteiger partial charge in [-0.15, -0.1) is 0 Å². The summed E-state index contributed by atoms with van der Waals surface area (Å²) >= 11 is 5.98. The maximum absolute atomic E-state index is 5.98. The quantitative estimate of drug-likeness (QED) is 0.773. The molecule has 3 heteroatoms. The monoisotopic (exact) mass is 302 g/mol. The molecule has 0 radical (unpaired) electrons. The summed E-state index contributed by atoms with van der Waals surface area (Å²) in [5.41, 5.74) is 3.62. The highest BCUT2D eigenvalue weighted by Crippen LogP contribution is 2.27. The zero-order valence-corrected chi connectivity index (χ0v) is 13.7. The van der Waals surface area contributed by atoms with Gasteiger partial charge in [0.15, 0.2) is 0 Å². The summed E-state index contributed by atoms with van der Waals surface area (Å²) in [6.07, 6.45) is 2.22. The van der Waals surface area contributed by atoms with Gasteiger partial charge in [-0.25, -0.2) is 0 Å². The zero-order chi connectivity index (χ0) is 15.2. The summed E-state index contributed by atoms with van der Waals surface area (Å²) < 4.78 is 0. The van der Waals surface area contributed by atoms with Crippen LogP contribution in [0.2, 0.25) is 5.02 Å². The van der Waals surface area contributed by atoms with E-state index in [-0.39, 0.29) is 0 Å². The number of hydrogen-bond donors (Lipinski definition) is 1. The molecule has 0 heterocycles. The molecule has 0 bridgehead atoms. The minimum absolute atomic E-state index is 0.310.